The zero-order valence-corrected chi connectivity index (χ0v) is 11.2. The first-order valence-corrected chi connectivity index (χ1v) is 6.44. The van der Waals surface area contributed by atoms with E-state index in [4.69, 9.17) is 9.84 Å². The van der Waals surface area contributed by atoms with Gasteiger partial charge in [0.2, 0.25) is 0 Å². The van der Waals surface area contributed by atoms with E-state index in [1.807, 2.05) is 11.8 Å². The van der Waals surface area contributed by atoms with Gasteiger partial charge in [-0.1, -0.05) is 0 Å². The van der Waals surface area contributed by atoms with Crippen LogP contribution in [0.3, 0.4) is 0 Å². The maximum atomic E-state index is 11.8. The van der Waals surface area contributed by atoms with Gasteiger partial charge < -0.3 is 9.84 Å². The Balaban J connectivity index is 2.24. The second-order valence-corrected chi connectivity index (χ2v) is 5.75. The molecule has 2 aliphatic rings. The highest BCUT2D eigenvalue weighted by Crippen LogP contribution is 2.43. The number of aliphatic carboxylic acids is 1. The van der Waals surface area contributed by atoms with Crippen molar-refractivity contribution in [1.29, 1.82) is 0 Å². The van der Waals surface area contributed by atoms with Crippen LogP contribution in [0, 0.1) is 5.92 Å². The van der Waals surface area contributed by atoms with Gasteiger partial charge >= 0.3 is 11.9 Å². The summed E-state index contributed by atoms with van der Waals surface area (Å²) in [6, 6.07) is -0.166. The molecule has 3 unspecified atom stereocenters. The molecule has 2 bridgehead atoms. The molecule has 0 radical (unpaired) electrons. The first-order chi connectivity index (χ1) is 8.85. The van der Waals surface area contributed by atoms with Crippen LogP contribution in [0.4, 0.5) is 0 Å². The van der Waals surface area contributed by atoms with Gasteiger partial charge in [-0.05, 0) is 19.8 Å². The maximum Gasteiger partial charge on any atom is 0.317 e. The van der Waals surface area contributed by atoms with Crippen LogP contribution in [0.1, 0.15) is 32.6 Å². The van der Waals surface area contributed by atoms with E-state index in [1.165, 1.54) is 7.11 Å². The predicted octanol–water partition coefficient (Wildman–Crippen LogP) is 0.446. The molecule has 0 aromatic heterocycles. The summed E-state index contributed by atoms with van der Waals surface area (Å²) in [5.41, 5.74) is -0.546. The fourth-order valence-electron chi connectivity index (χ4n) is 3.57. The highest BCUT2D eigenvalue weighted by atomic mass is 16.5. The third kappa shape index (κ3) is 2.63. The van der Waals surface area contributed by atoms with Crippen molar-refractivity contribution < 1.29 is 24.2 Å². The van der Waals surface area contributed by atoms with Gasteiger partial charge in [-0.3, -0.25) is 19.3 Å². The van der Waals surface area contributed by atoms with Gasteiger partial charge in [0.15, 0.2) is 0 Å². The number of ether oxygens (including phenoxy) is 1. The van der Waals surface area contributed by atoms with Gasteiger partial charge in [0.05, 0.1) is 19.6 Å². The molecule has 19 heavy (non-hydrogen) atoms. The van der Waals surface area contributed by atoms with Crippen LogP contribution < -0.4 is 0 Å². The van der Waals surface area contributed by atoms with Crippen LogP contribution >= 0.6 is 0 Å². The van der Waals surface area contributed by atoms with Crippen molar-refractivity contribution in [3.05, 3.63) is 0 Å². The fourth-order valence-corrected chi connectivity index (χ4v) is 3.57. The summed E-state index contributed by atoms with van der Waals surface area (Å²) in [4.78, 5) is 36.3. The molecule has 0 amide bonds. The lowest BCUT2D eigenvalue weighted by Gasteiger charge is -2.53. The lowest BCUT2D eigenvalue weighted by atomic mass is 9.70. The smallest absolute Gasteiger partial charge is 0.317 e. The second-order valence-electron chi connectivity index (χ2n) is 5.75. The summed E-state index contributed by atoms with van der Waals surface area (Å²) in [7, 11) is 1.36. The van der Waals surface area contributed by atoms with Crippen LogP contribution in [0.2, 0.25) is 0 Å². The third-order valence-electron chi connectivity index (χ3n) is 4.26. The number of carboxylic acids is 1. The highest BCUT2D eigenvalue weighted by Gasteiger charge is 2.51. The van der Waals surface area contributed by atoms with Gasteiger partial charge in [0.25, 0.3) is 0 Å². The van der Waals surface area contributed by atoms with Crippen LogP contribution in [-0.4, -0.2) is 53.0 Å². The summed E-state index contributed by atoms with van der Waals surface area (Å²) in [6.45, 7) is 1.79. The number of rotatable bonds is 3. The molecule has 6 heteroatoms. The van der Waals surface area contributed by atoms with Crippen molar-refractivity contribution >= 4 is 17.7 Å². The number of carboxylic acid groups (broad SMARTS) is 1. The minimum absolute atomic E-state index is 0.0810. The number of Topliss-reactive ketones (excluding diaryl/α,β-unsaturated/α-hetero) is 1. The predicted molar refractivity (Wildman–Crippen MR) is 65.5 cm³/mol. The van der Waals surface area contributed by atoms with E-state index in [0.717, 1.165) is 0 Å². The first-order valence-electron chi connectivity index (χ1n) is 6.44. The molecular weight excluding hydrogens is 250 g/mol. The van der Waals surface area contributed by atoms with Crippen LogP contribution in [-0.2, 0) is 19.1 Å². The van der Waals surface area contributed by atoms with Crippen LogP contribution in [0.5, 0.6) is 0 Å². The molecule has 2 aliphatic heterocycles. The van der Waals surface area contributed by atoms with Crippen molar-refractivity contribution in [1.82, 2.24) is 4.90 Å². The molecule has 3 atom stereocenters. The zero-order valence-electron chi connectivity index (χ0n) is 11.2. The van der Waals surface area contributed by atoms with E-state index < -0.39 is 11.5 Å². The topological polar surface area (TPSA) is 83.9 Å². The number of esters is 1. The highest BCUT2D eigenvalue weighted by molar-refractivity contribution is 5.83. The summed E-state index contributed by atoms with van der Waals surface area (Å²) in [5.74, 6) is -1.25. The molecule has 0 aromatic rings. The summed E-state index contributed by atoms with van der Waals surface area (Å²) in [6.07, 6.45) is 1.62. The number of carbonyl (C=O) groups is 3. The number of carbonyl (C=O) groups excluding carboxylic acids is 2. The molecule has 106 valence electrons. The summed E-state index contributed by atoms with van der Waals surface area (Å²) in [5, 5.41) is 9.00. The Kier molecular flexibility index (Phi) is 3.62. The average molecular weight is 269 g/mol. The fraction of sp³-hybridized carbons (Fsp3) is 0.769. The monoisotopic (exact) mass is 269 g/mol. The minimum Gasteiger partial charge on any atom is -0.480 e. The van der Waals surface area contributed by atoms with E-state index in [9.17, 15) is 14.4 Å². The minimum atomic E-state index is -0.901. The molecule has 6 nitrogen and oxygen atoms in total. The van der Waals surface area contributed by atoms with Crippen molar-refractivity contribution in [3.63, 3.8) is 0 Å². The van der Waals surface area contributed by atoms with E-state index >= 15 is 0 Å². The molecule has 0 saturated carbocycles. The number of hydrogen-bond acceptors (Lipinski definition) is 5. The van der Waals surface area contributed by atoms with E-state index in [1.54, 1.807) is 0 Å². The third-order valence-corrected chi connectivity index (χ3v) is 4.26. The van der Waals surface area contributed by atoms with Crippen molar-refractivity contribution in [2.24, 2.45) is 5.92 Å². The normalized spacial score (nSPS) is 34.9. The number of piperidine rings is 2. The molecule has 1 N–H and O–H groups in total. The van der Waals surface area contributed by atoms with Crippen LogP contribution in [0.25, 0.3) is 0 Å². The molecule has 2 saturated heterocycles. The van der Waals surface area contributed by atoms with Gasteiger partial charge in [0.1, 0.15) is 5.78 Å². The van der Waals surface area contributed by atoms with Gasteiger partial charge in [-0.25, -0.2) is 0 Å². The molecule has 0 aromatic carbocycles. The Morgan fingerprint density at radius 2 is 2.21 bits per heavy atom. The molecule has 0 aliphatic carbocycles. The Bertz CT molecular complexity index is 421. The quantitative estimate of drug-likeness (QED) is 0.749. The SMILES string of the molecule is COC(=O)C1CC2CC(=O)CC(C)(C1)N2CC(=O)O. The zero-order chi connectivity index (χ0) is 14.2. The lowest BCUT2D eigenvalue weighted by molar-refractivity contribution is -0.160. The molecular formula is C13H19NO5. The Morgan fingerprint density at radius 3 is 2.74 bits per heavy atom. The van der Waals surface area contributed by atoms with Crippen LogP contribution in [0.15, 0.2) is 0 Å². The Labute approximate surface area is 111 Å². The Morgan fingerprint density at radius 1 is 1.53 bits per heavy atom. The van der Waals surface area contributed by atoms with E-state index in [0.29, 0.717) is 25.7 Å². The number of hydrogen-bond donors (Lipinski definition) is 1. The van der Waals surface area contributed by atoms with E-state index in [2.05, 4.69) is 0 Å². The number of methoxy groups -OCH3 is 1. The number of ketones is 1. The molecule has 0 spiro atoms. The lowest BCUT2D eigenvalue weighted by Crippen LogP contribution is -2.63. The largest absolute Gasteiger partial charge is 0.480 e. The van der Waals surface area contributed by atoms with Gasteiger partial charge in [-0.15, -0.1) is 0 Å². The van der Waals surface area contributed by atoms with Gasteiger partial charge in [0, 0.05) is 24.4 Å². The molecule has 2 rings (SSSR count). The van der Waals surface area contributed by atoms with Crippen molar-refractivity contribution in [2.45, 2.75) is 44.2 Å². The average Bonchev–Trinajstić information content (AvgIpc) is 2.29. The molecule has 2 heterocycles. The summed E-state index contributed by atoms with van der Waals surface area (Å²) >= 11 is 0. The molecule has 2 fully saturated rings. The van der Waals surface area contributed by atoms with Gasteiger partial charge in [-0.2, -0.15) is 0 Å². The van der Waals surface area contributed by atoms with E-state index in [-0.39, 0.29) is 30.3 Å². The maximum absolute atomic E-state index is 11.8. The Hall–Kier alpha value is -1.43. The summed E-state index contributed by atoms with van der Waals surface area (Å²) < 4.78 is 4.78. The second kappa shape index (κ2) is 4.92. The standard InChI is InChI=1S/C13H19NO5/c1-13-5-8(12(18)19-2)3-9(4-10(15)6-13)14(13)7-11(16)17/h8-9H,3-7H2,1-2H3,(H,16,17). The van der Waals surface area contributed by atoms with Crippen molar-refractivity contribution in [2.75, 3.05) is 13.7 Å². The first kappa shape index (κ1) is 14.0. The number of nitrogens with zero attached hydrogens (tertiary/aromatic N) is 1. The number of fused-ring (bicyclic) bond motifs is 2. The van der Waals surface area contributed by atoms with Crippen molar-refractivity contribution in [3.8, 4) is 0 Å².